The van der Waals surface area contributed by atoms with Crippen molar-refractivity contribution in [3.05, 3.63) is 158 Å². The van der Waals surface area contributed by atoms with Crippen LogP contribution < -0.4 is 0 Å². The molecular formula is C43H30. The molecule has 0 aliphatic heterocycles. The van der Waals surface area contributed by atoms with Crippen molar-refractivity contribution in [1.82, 2.24) is 0 Å². The summed E-state index contributed by atoms with van der Waals surface area (Å²) in [5.41, 5.74) is 5.13. The zero-order valence-electron chi connectivity index (χ0n) is 23.0. The standard InChI is InChI=1S/C42H26.CH4/c1-2-11-28-25-32(21-20-27(28)10-1)41-36-14-5-7-16-38(36)42(39-17-8-6-15-37(39)41)35-19-9-18-33-34(35)23-22-31-24-29-12-3-4-13-30(29)26-40(31)33;/h1-26H;1H4. The molecule has 0 unspecified atom stereocenters. The predicted molar refractivity (Wildman–Crippen MR) is 189 cm³/mol. The highest BCUT2D eigenvalue weighted by Gasteiger charge is 2.18. The number of rotatable bonds is 2. The minimum Gasteiger partial charge on any atom is -0.0776 e. The molecule has 0 spiro atoms. The zero-order chi connectivity index (χ0) is 27.6. The van der Waals surface area contributed by atoms with Gasteiger partial charge in [-0.2, -0.15) is 0 Å². The van der Waals surface area contributed by atoms with Crippen LogP contribution in [0.5, 0.6) is 0 Å². The van der Waals surface area contributed by atoms with E-state index in [2.05, 4.69) is 158 Å². The minimum atomic E-state index is 0. The Labute approximate surface area is 251 Å². The van der Waals surface area contributed by atoms with Crippen LogP contribution in [0, 0.1) is 0 Å². The van der Waals surface area contributed by atoms with Gasteiger partial charge in [0.2, 0.25) is 0 Å². The summed E-state index contributed by atoms with van der Waals surface area (Å²) in [5.74, 6) is 0. The summed E-state index contributed by atoms with van der Waals surface area (Å²) in [7, 11) is 0. The summed E-state index contributed by atoms with van der Waals surface area (Å²) in [4.78, 5) is 0. The van der Waals surface area contributed by atoms with Crippen molar-refractivity contribution in [2.75, 3.05) is 0 Å². The summed E-state index contributed by atoms with van der Waals surface area (Å²) < 4.78 is 0. The van der Waals surface area contributed by atoms with Gasteiger partial charge in [0, 0.05) is 0 Å². The van der Waals surface area contributed by atoms with E-state index in [0.29, 0.717) is 0 Å². The first-order valence-electron chi connectivity index (χ1n) is 14.6. The fourth-order valence-electron chi connectivity index (χ4n) is 7.07. The summed E-state index contributed by atoms with van der Waals surface area (Å²) in [5, 5.41) is 15.4. The predicted octanol–water partition coefficient (Wildman–Crippen LogP) is 12.6. The second-order valence-corrected chi connectivity index (χ2v) is 11.3. The van der Waals surface area contributed by atoms with Crippen molar-refractivity contribution in [3.63, 3.8) is 0 Å². The molecule has 0 aliphatic rings. The van der Waals surface area contributed by atoms with Gasteiger partial charge in [-0.15, -0.1) is 0 Å². The van der Waals surface area contributed by atoms with Crippen LogP contribution in [0.3, 0.4) is 0 Å². The summed E-state index contributed by atoms with van der Waals surface area (Å²) in [6.45, 7) is 0. The molecule has 0 aliphatic carbocycles. The number of hydrogen-bond donors (Lipinski definition) is 0. The third kappa shape index (κ3) is 3.84. The van der Waals surface area contributed by atoms with Gasteiger partial charge in [-0.25, -0.2) is 0 Å². The number of fused-ring (bicyclic) bond motifs is 7. The molecule has 0 aromatic heterocycles. The highest BCUT2D eigenvalue weighted by atomic mass is 14.2. The zero-order valence-corrected chi connectivity index (χ0v) is 23.0. The van der Waals surface area contributed by atoms with E-state index in [1.54, 1.807) is 0 Å². The molecule has 9 rings (SSSR count). The van der Waals surface area contributed by atoms with E-state index in [1.807, 2.05) is 0 Å². The lowest BCUT2D eigenvalue weighted by Gasteiger charge is -2.19. The largest absolute Gasteiger partial charge is 0.0776 e. The molecule has 43 heavy (non-hydrogen) atoms. The van der Waals surface area contributed by atoms with Crippen LogP contribution in [0.1, 0.15) is 7.43 Å². The molecule has 0 heteroatoms. The molecule has 0 nitrogen and oxygen atoms in total. The second-order valence-electron chi connectivity index (χ2n) is 11.3. The van der Waals surface area contributed by atoms with Crippen molar-refractivity contribution >= 4 is 64.6 Å². The van der Waals surface area contributed by atoms with E-state index in [-0.39, 0.29) is 7.43 Å². The van der Waals surface area contributed by atoms with Gasteiger partial charge in [0.1, 0.15) is 0 Å². The van der Waals surface area contributed by atoms with Gasteiger partial charge >= 0.3 is 0 Å². The summed E-state index contributed by atoms with van der Waals surface area (Å²) in [6, 6.07) is 58.2. The Morgan fingerprint density at radius 1 is 0.256 bits per heavy atom. The first-order chi connectivity index (χ1) is 20.8. The molecule has 0 fully saturated rings. The summed E-state index contributed by atoms with van der Waals surface area (Å²) >= 11 is 0. The molecule has 0 amide bonds. The van der Waals surface area contributed by atoms with Crippen molar-refractivity contribution in [3.8, 4) is 22.3 Å². The van der Waals surface area contributed by atoms with Crippen LogP contribution in [0.2, 0.25) is 0 Å². The number of benzene rings is 9. The molecule has 0 bridgehead atoms. The van der Waals surface area contributed by atoms with Crippen LogP contribution >= 0.6 is 0 Å². The Kier molecular flexibility index (Phi) is 5.77. The van der Waals surface area contributed by atoms with Crippen molar-refractivity contribution < 1.29 is 0 Å². The van der Waals surface area contributed by atoms with Crippen molar-refractivity contribution in [1.29, 1.82) is 0 Å². The normalized spacial score (nSPS) is 11.5. The van der Waals surface area contributed by atoms with E-state index >= 15 is 0 Å². The van der Waals surface area contributed by atoms with Crippen LogP contribution in [0.15, 0.2) is 158 Å². The maximum absolute atomic E-state index is 2.36. The van der Waals surface area contributed by atoms with Gasteiger partial charge in [0.05, 0.1) is 0 Å². The van der Waals surface area contributed by atoms with E-state index in [1.165, 1.54) is 86.9 Å². The molecule has 0 N–H and O–H groups in total. The van der Waals surface area contributed by atoms with Gasteiger partial charge in [0.25, 0.3) is 0 Å². The van der Waals surface area contributed by atoms with Crippen molar-refractivity contribution in [2.45, 2.75) is 7.43 Å². The average Bonchev–Trinajstić information content (AvgIpc) is 3.05. The lowest BCUT2D eigenvalue weighted by atomic mass is 9.84. The SMILES string of the molecule is C.c1ccc2cc(-c3c4ccccc4c(-c4cccc5c4ccc4cc6ccccc6cc45)c4ccccc34)ccc2c1. The fraction of sp³-hybridized carbons (Fsp3) is 0.0233. The highest BCUT2D eigenvalue weighted by Crippen LogP contribution is 2.46. The van der Waals surface area contributed by atoms with Gasteiger partial charge in [-0.05, 0) is 105 Å². The van der Waals surface area contributed by atoms with E-state index < -0.39 is 0 Å². The van der Waals surface area contributed by atoms with Gasteiger partial charge in [0.15, 0.2) is 0 Å². The molecule has 9 aromatic carbocycles. The molecule has 0 saturated heterocycles. The molecule has 202 valence electrons. The van der Waals surface area contributed by atoms with Crippen LogP contribution in [0.4, 0.5) is 0 Å². The highest BCUT2D eigenvalue weighted by molar-refractivity contribution is 6.25. The maximum Gasteiger partial charge on any atom is -0.00201 e. The Morgan fingerprint density at radius 2 is 0.767 bits per heavy atom. The third-order valence-corrected chi connectivity index (χ3v) is 8.98. The lowest BCUT2D eigenvalue weighted by Crippen LogP contribution is -1.92. The molecule has 0 radical (unpaired) electrons. The quantitative estimate of drug-likeness (QED) is 0.149. The van der Waals surface area contributed by atoms with Crippen LogP contribution in [-0.2, 0) is 0 Å². The van der Waals surface area contributed by atoms with Gasteiger partial charge in [-0.1, -0.05) is 147 Å². The Bertz CT molecular complexity index is 2460. The van der Waals surface area contributed by atoms with Crippen LogP contribution in [-0.4, -0.2) is 0 Å². The van der Waals surface area contributed by atoms with E-state index in [0.717, 1.165) is 0 Å². The second kappa shape index (κ2) is 9.82. The molecule has 0 saturated carbocycles. The Balaban J connectivity index is 0.00000278. The molecular weight excluding hydrogens is 516 g/mol. The van der Waals surface area contributed by atoms with Crippen LogP contribution in [0.25, 0.3) is 86.9 Å². The Hall–Kier alpha value is -5.46. The minimum absolute atomic E-state index is 0. The molecule has 0 heterocycles. The average molecular weight is 547 g/mol. The van der Waals surface area contributed by atoms with Crippen molar-refractivity contribution in [2.24, 2.45) is 0 Å². The fourth-order valence-corrected chi connectivity index (χ4v) is 7.07. The van der Waals surface area contributed by atoms with Gasteiger partial charge < -0.3 is 0 Å². The Morgan fingerprint density at radius 3 is 1.44 bits per heavy atom. The first-order valence-corrected chi connectivity index (χ1v) is 14.6. The topological polar surface area (TPSA) is 0 Å². The smallest absolute Gasteiger partial charge is 0.00201 e. The summed E-state index contributed by atoms with van der Waals surface area (Å²) in [6.07, 6.45) is 0. The number of hydrogen-bond acceptors (Lipinski definition) is 0. The lowest BCUT2D eigenvalue weighted by molar-refractivity contribution is 1.69. The van der Waals surface area contributed by atoms with E-state index in [9.17, 15) is 0 Å². The first kappa shape index (κ1) is 25.3. The molecule has 0 atom stereocenters. The molecule has 9 aromatic rings. The van der Waals surface area contributed by atoms with Gasteiger partial charge in [-0.3, -0.25) is 0 Å². The third-order valence-electron chi connectivity index (χ3n) is 8.98. The monoisotopic (exact) mass is 546 g/mol. The maximum atomic E-state index is 2.36. The van der Waals surface area contributed by atoms with E-state index in [4.69, 9.17) is 0 Å².